The van der Waals surface area contributed by atoms with E-state index in [0.29, 0.717) is 18.7 Å². The highest BCUT2D eigenvalue weighted by atomic mass is 32.2. The maximum Gasteiger partial charge on any atom is 0.283 e. The molecule has 184 valence electrons. The Hall–Kier alpha value is -3.70. The fourth-order valence-electron chi connectivity index (χ4n) is 4.25. The molecule has 3 heterocycles. The van der Waals surface area contributed by atoms with Gasteiger partial charge in [0, 0.05) is 28.9 Å². The van der Waals surface area contributed by atoms with Crippen LogP contribution in [-0.2, 0) is 21.2 Å². The third-order valence-corrected chi connectivity index (χ3v) is 7.50. The fourth-order valence-corrected chi connectivity index (χ4v) is 6.09. The monoisotopic (exact) mass is 521 g/mol. The quantitative estimate of drug-likeness (QED) is 0.401. The molecular formula is C25H23N5O4S2. The summed E-state index contributed by atoms with van der Waals surface area (Å²) in [6, 6.07) is 13.8. The molecule has 3 aromatic rings. The molecule has 0 unspecified atom stereocenters. The number of hydrogen-bond acceptors (Lipinski definition) is 7. The number of fused-ring (bicyclic) bond motifs is 2. The van der Waals surface area contributed by atoms with Gasteiger partial charge in [0.2, 0.25) is 20.2 Å². The molecular weight excluding hydrogens is 498 g/mol. The number of aryl methyl sites for hydroxylation is 2. The van der Waals surface area contributed by atoms with Crippen molar-refractivity contribution >= 4 is 60.8 Å². The maximum absolute atomic E-state index is 12.8. The Morgan fingerprint density at radius 1 is 1.14 bits per heavy atom. The Morgan fingerprint density at radius 3 is 2.58 bits per heavy atom. The van der Waals surface area contributed by atoms with Crippen LogP contribution in [0.5, 0.6) is 5.75 Å². The number of aromatic nitrogens is 1. The minimum atomic E-state index is -3.71. The molecule has 11 heteroatoms. The lowest BCUT2D eigenvalue weighted by Gasteiger charge is -2.23. The first kappa shape index (κ1) is 24.0. The lowest BCUT2D eigenvalue weighted by atomic mass is 10.1. The molecule has 1 N–H and O–H groups in total. The van der Waals surface area contributed by atoms with Crippen molar-refractivity contribution in [3.8, 4) is 5.75 Å². The number of carbonyl (C=O) groups excluding carboxylic acids is 1. The number of carbonyl (C=O) groups is 1. The summed E-state index contributed by atoms with van der Waals surface area (Å²) >= 11 is 0.770. The van der Waals surface area contributed by atoms with Crippen LogP contribution < -0.4 is 4.74 Å². The molecule has 0 fully saturated rings. The van der Waals surface area contributed by atoms with E-state index in [4.69, 9.17) is 10.1 Å². The van der Waals surface area contributed by atoms with Gasteiger partial charge in [-0.25, -0.2) is 13.3 Å². The third kappa shape index (κ3) is 4.47. The number of benzene rings is 2. The van der Waals surface area contributed by atoms with Crippen LogP contribution >= 0.6 is 11.9 Å². The average molecular weight is 522 g/mol. The summed E-state index contributed by atoms with van der Waals surface area (Å²) < 4.78 is 36.2. The van der Waals surface area contributed by atoms with E-state index in [-0.39, 0.29) is 21.7 Å². The van der Waals surface area contributed by atoms with E-state index >= 15 is 0 Å². The summed E-state index contributed by atoms with van der Waals surface area (Å²) in [6.07, 6.45) is 4.49. The van der Waals surface area contributed by atoms with Gasteiger partial charge in [0.15, 0.2) is 0 Å². The van der Waals surface area contributed by atoms with Gasteiger partial charge < -0.3 is 9.30 Å². The van der Waals surface area contributed by atoms with Crippen molar-refractivity contribution in [3.63, 3.8) is 0 Å². The zero-order chi connectivity index (χ0) is 25.6. The number of amides is 1. The third-order valence-electron chi connectivity index (χ3n) is 5.74. The van der Waals surface area contributed by atoms with Crippen LogP contribution in [-0.4, -0.2) is 52.8 Å². The van der Waals surface area contributed by atoms with Crippen molar-refractivity contribution in [2.75, 3.05) is 12.9 Å². The molecule has 1 amide bonds. The SMILES string of the molecule is Cc1cc(C)cc(OCCn2cc(/C=C3/C(=N)N4C(=NC3=O)SN=C4S(C)(=O)=O)c3ccccc32)c1. The van der Waals surface area contributed by atoms with Crippen molar-refractivity contribution < 1.29 is 17.9 Å². The van der Waals surface area contributed by atoms with Gasteiger partial charge in [0.25, 0.3) is 5.91 Å². The topological polar surface area (TPSA) is 117 Å². The molecule has 36 heavy (non-hydrogen) atoms. The molecule has 0 aliphatic carbocycles. The first-order chi connectivity index (χ1) is 17.1. The number of nitrogens with one attached hydrogen (secondary N) is 1. The highest BCUT2D eigenvalue weighted by molar-refractivity contribution is 8.16. The zero-order valence-corrected chi connectivity index (χ0v) is 21.5. The Kier molecular flexibility index (Phi) is 6.05. The lowest BCUT2D eigenvalue weighted by Crippen LogP contribution is -2.45. The molecule has 2 aromatic carbocycles. The van der Waals surface area contributed by atoms with Crippen molar-refractivity contribution in [2.24, 2.45) is 9.39 Å². The van der Waals surface area contributed by atoms with Crippen molar-refractivity contribution in [1.29, 1.82) is 5.41 Å². The van der Waals surface area contributed by atoms with E-state index in [1.165, 1.54) is 0 Å². The largest absolute Gasteiger partial charge is 0.492 e. The molecule has 5 rings (SSSR count). The van der Waals surface area contributed by atoms with Gasteiger partial charge in [-0.1, -0.05) is 24.3 Å². The second kappa shape index (κ2) is 9.07. The number of amidine groups is 3. The van der Waals surface area contributed by atoms with Gasteiger partial charge >= 0.3 is 0 Å². The summed E-state index contributed by atoms with van der Waals surface area (Å²) in [4.78, 5) is 17.8. The zero-order valence-electron chi connectivity index (χ0n) is 19.8. The predicted molar refractivity (Wildman–Crippen MR) is 143 cm³/mol. The van der Waals surface area contributed by atoms with E-state index in [2.05, 4.69) is 15.5 Å². The van der Waals surface area contributed by atoms with E-state index in [1.807, 2.05) is 61.0 Å². The van der Waals surface area contributed by atoms with E-state index in [1.54, 1.807) is 6.08 Å². The Morgan fingerprint density at radius 2 is 1.86 bits per heavy atom. The van der Waals surface area contributed by atoms with Crippen LogP contribution in [0.3, 0.4) is 0 Å². The predicted octanol–water partition coefficient (Wildman–Crippen LogP) is 3.96. The van der Waals surface area contributed by atoms with Crippen LogP contribution in [0, 0.1) is 19.3 Å². The average Bonchev–Trinajstić information content (AvgIpc) is 3.38. The van der Waals surface area contributed by atoms with Gasteiger partial charge in [-0.2, -0.15) is 9.39 Å². The number of sulfone groups is 1. The second-order valence-corrected chi connectivity index (χ2v) is 11.3. The molecule has 0 radical (unpaired) electrons. The number of rotatable bonds is 5. The number of aliphatic imine (C=N–C) groups is 1. The van der Waals surface area contributed by atoms with Gasteiger partial charge in [-0.05, 0) is 49.2 Å². The van der Waals surface area contributed by atoms with E-state index in [0.717, 1.165) is 50.9 Å². The van der Waals surface area contributed by atoms with Crippen LogP contribution in [0.2, 0.25) is 0 Å². The van der Waals surface area contributed by atoms with Gasteiger partial charge in [-0.15, -0.1) is 0 Å². The highest BCUT2D eigenvalue weighted by Crippen LogP contribution is 2.31. The van der Waals surface area contributed by atoms with Crippen molar-refractivity contribution in [1.82, 2.24) is 9.47 Å². The minimum absolute atomic E-state index is 0.00742. The lowest BCUT2D eigenvalue weighted by molar-refractivity contribution is -0.114. The van der Waals surface area contributed by atoms with E-state index < -0.39 is 15.7 Å². The van der Waals surface area contributed by atoms with Gasteiger partial charge in [-0.3, -0.25) is 10.2 Å². The van der Waals surface area contributed by atoms with Crippen molar-refractivity contribution in [3.05, 3.63) is 70.9 Å². The molecule has 0 saturated heterocycles. The number of para-hydroxylation sites is 1. The first-order valence-corrected chi connectivity index (χ1v) is 13.8. The van der Waals surface area contributed by atoms with E-state index in [9.17, 15) is 13.2 Å². The Bertz CT molecular complexity index is 1610. The number of nitrogens with zero attached hydrogens (tertiary/aromatic N) is 4. The standard InChI is InChI=1S/C25H23N5O4S2/c1-15-10-16(2)12-18(11-15)34-9-8-29-14-17(19-6-4-5-7-21(19)29)13-20-22(26)30-24(27-23(20)31)35-28-25(30)36(3,32)33/h4-7,10-14,26H,8-9H2,1-3H3/b20-13-,26-22?. The first-order valence-electron chi connectivity index (χ1n) is 11.1. The molecule has 1 aromatic heterocycles. The smallest absolute Gasteiger partial charge is 0.283 e. The molecule has 0 spiro atoms. The van der Waals surface area contributed by atoms with Crippen LogP contribution in [0.4, 0.5) is 0 Å². The molecule has 0 bridgehead atoms. The fraction of sp³-hybridized carbons (Fsp3) is 0.200. The minimum Gasteiger partial charge on any atom is -0.492 e. The summed E-state index contributed by atoms with van der Waals surface area (Å²) in [5.74, 6) is -0.0686. The maximum atomic E-state index is 12.8. The molecule has 2 aliphatic heterocycles. The van der Waals surface area contributed by atoms with Gasteiger partial charge in [0.1, 0.15) is 18.2 Å². The van der Waals surface area contributed by atoms with Crippen molar-refractivity contribution in [2.45, 2.75) is 20.4 Å². The summed E-state index contributed by atoms with van der Waals surface area (Å²) in [7, 11) is -3.71. The molecule has 9 nitrogen and oxygen atoms in total. The van der Waals surface area contributed by atoms with Crippen LogP contribution in [0.1, 0.15) is 16.7 Å². The molecule has 0 saturated carbocycles. The Balaban J connectivity index is 1.45. The normalized spacial score (nSPS) is 17.0. The number of hydrogen-bond donors (Lipinski definition) is 1. The summed E-state index contributed by atoms with van der Waals surface area (Å²) in [6.45, 7) is 5.07. The molecule has 2 aliphatic rings. The Labute approximate surface area is 212 Å². The second-order valence-electron chi connectivity index (χ2n) is 8.65. The summed E-state index contributed by atoms with van der Waals surface area (Å²) in [5.41, 5.74) is 3.93. The van der Waals surface area contributed by atoms with Gasteiger partial charge in [0.05, 0.1) is 24.1 Å². The molecule has 0 atom stereocenters. The summed E-state index contributed by atoms with van der Waals surface area (Å²) in [5, 5.41) is 9.24. The van der Waals surface area contributed by atoms with Crippen LogP contribution in [0.15, 0.2) is 63.6 Å². The highest BCUT2D eigenvalue weighted by Gasteiger charge is 2.41. The van der Waals surface area contributed by atoms with Crippen LogP contribution in [0.25, 0.3) is 17.0 Å². The number of ether oxygens (including phenoxy) is 1.